The SMILES string of the molecule is COc1ccc(S(=O)(=O)N2Cc3ccccc3C[C@H]2C(=O)Nc2ccc(C)cc2C)cc1. The lowest BCUT2D eigenvalue weighted by atomic mass is 9.95. The first-order valence-corrected chi connectivity index (χ1v) is 11.8. The molecule has 0 saturated carbocycles. The molecule has 4 rings (SSSR count). The molecule has 1 N–H and O–H groups in total. The molecule has 166 valence electrons. The Morgan fingerprint density at radius 3 is 2.34 bits per heavy atom. The molecule has 7 heteroatoms. The molecule has 0 aliphatic carbocycles. The molecule has 0 fully saturated rings. The number of ether oxygens (including phenoxy) is 1. The lowest BCUT2D eigenvalue weighted by Gasteiger charge is -2.35. The molecule has 6 nitrogen and oxygen atoms in total. The number of fused-ring (bicyclic) bond motifs is 1. The quantitative estimate of drug-likeness (QED) is 0.636. The standard InChI is InChI=1S/C25H26N2O4S/c1-17-8-13-23(18(2)14-17)26-25(28)24-15-19-6-4-5-7-20(19)16-27(24)32(29,30)22-11-9-21(31-3)10-12-22/h4-14,24H,15-16H2,1-3H3,(H,26,28)/t24-/m0/s1. The van der Waals surface area contributed by atoms with E-state index in [9.17, 15) is 13.2 Å². The summed E-state index contributed by atoms with van der Waals surface area (Å²) in [6.07, 6.45) is 0.308. The van der Waals surface area contributed by atoms with E-state index in [0.29, 0.717) is 17.9 Å². The van der Waals surface area contributed by atoms with E-state index in [2.05, 4.69) is 5.32 Å². The number of rotatable bonds is 5. The van der Waals surface area contributed by atoms with Crippen LogP contribution in [0.1, 0.15) is 22.3 Å². The van der Waals surface area contributed by atoms with Crippen molar-refractivity contribution < 1.29 is 17.9 Å². The van der Waals surface area contributed by atoms with Crippen LogP contribution in [0.25, 0.3) is 0 Å². The monoisotopic (exact) mass is 450 g/mol. The lowest BCUT2D eigenvalue weighted by Crippen LogP contribution is -2.50. The second-order valence-electron chi connectivity index (χ2n) is 8.02. The van der Waals surface area contributed by atoms with Gasteiger partial charge in [0.25, 0.3) is 0 Å². The van der Waals surface area contributed by atoms with Gasteiger partial charge in [-0.1, -0.05) is 42.0 Å². The number of hydrogen-bond acceptors (Lipinski definition) is 4. The Hall–Kier alpha value is -3.16. The van der Waals surface area contributed by atoms with Crippen molar-refractivity contribution in [2.24, 2.45) is 0 Å². The lowest BCUT2D eigenvalue weighted by molar-refractivity contribution is -0.120. The highest BCUT2D eigenvalue weighted by atomic mass is 32.2. The number of anilines is 1. The number of amides is 1. The largest absolute Gasteiger partial charge is 0.497 e. The molecular weight excluding hydrogens is 424 g/mol. The maximum Gasteiger partial charge on any atom is 0.244 e. The van der Waals surface area contributed by atoms with Crippen molar-refractivity contribution >= 4 is 21.6 Å². The van der Waals surface area contributed by atoms with Crippen LogP contribution >= 0.6 is 0 Å². The van der Waals surface area contributed by atoms with Crippen molar-refractivity contribution in [3.8, 4) is 5.75 Å². The van der Waals surface area contributed by atoms with E-state index in [1.165, 1.54) is 23.5 Å². The summed E-state index contributed by atoms with van der Waals surface area (Å²) < 4.78 is 33.6. The van der Waals surface area contributed by atoms with Gasteiger partial charge < -0.3 is 10.1 Å². The fourth-order valence-electron chi connectivity index (χ4n) is 4.03. The summed E-state index contributed by atoms with van der Waals surface area (Å²) >= 11 is 0. The first kappa shape index (κ1) is 22.0. The van der Waals surface area contributed by atoms with Gasteiger partial charge in [-0.2, -0.15) is 4.31 Å². The highest BCUT2D eigenvalue weighted by Gasteiger charge is 2.39. The summed E-state index contributed by atoms with van der Waals surface area (Å²) in [6.45, 7) is 4.04. The molecule has 32 heavy (non-hydrogen) atoms. The summed E-state index contributed by atoms with van der Waals surface area (Å²) in [7, 11) is -2.39. The molecule has 3 aromatic carbocycles. The summed E-state index contributed by atoms with van der Waals surface area (Å²) in [5.74, 6) is 0.223. The van der Waals surface area contributed by atoms with Gasteiger partial charge in [-0.15, -0.1) is 0 Å². The fourth-order valence-corrected chi connectivity index (χ4v) is 5.59. The molecule has 0 bridgehead atoms. The van der Waals surface area contributed by atoms with E-state index in [0.717, 1.165) is 22.3 Å². The molecule has 1 aliphatic heterocycles. The van der Waals surface area contributed by atoms with Crippen molar-refractivity contribution in [1.82, 2.24) is 4.31 Å². The minimum Gasteiger partial charge on any atom is -0.497 e. The highest BCUT2D eigenvalue weighted by Crippen LogP contribution is 2.30. The van der Waals surface area contributed by atoms with Crippen LogP contribution in [0.2, 0.25) is 0 Å². The van der Waals surface area contributed by atoms with E-state index >= 15 is 0 Å². The molecule has 1 atom stereocenters. The number of hydrogen-bond donors (Lipinski definition) is 1. The molecular formula is C25H26N2O4S. The van der Waals surface area contributed by atoms with Gasteiger partial charge in [-0.25, -0.2) is 8.42 Å². The van der Waals surface area contributed by atoms with Crippen molar-refractivity contribution in [1.29, 1.82) is 0 Å². The second-order valence-corrected chi connectivity index (χ2v) is 9.91. The molecule has 3 aromatic rings. The smallest absolute Gasteiger partial charge is 0.244 e. The van der Waals surface area contributed by atoms with Gasteiger partial charge in [0, 0.05) is 12.2 Å². The van der Waals surface area contributed by atoms with E-state index in [1.54, 1.807) is 12.1 Å². The zero-order valence-electron chi connectivity index (χ0n) is 18.3. The number of carbonyl (C=O) groups excluding carboxylic acids is 1. The van der Waals surface area contributed by atoms with Crippen LogP contribution in [-0.2, 0) is 27.8 Å². The van der Waals surface area contributed by atoms with E-state index in [1.807, 2.05) is 56.3 Å². The Balaban J connectivity index is 1.71. The predicted molar refractivity (Wildman–Crippen MR) is 124 cm³/mol. The molecule has 0 saturated heterocycles. The van der Waals surface area contributed by atoms with Crippen LogP contribution in [-0.4, -0.2) is 31.8 Å². The maximum absolute atomic E-state index is 13.6. The Labute approximate surface area is 188 Å². The van der Waals surface area contributed by atoms with Gasteiger partial charge in [0.05, 0.1) is 12.0 Å². The number of benzene rings is 3. The minimum absolute atomic E-state index is 0.127. The number of methoxy groups -OCH3 is 1. The van der Waals surface area contributed by atoms with Crippen LogP contribution in [0.4, 0.5) is 5.69 Å². The highest BCUT2D eigenvalue weighted by molar-refractivity contribution is 7.89. The van der Waals surface area contributed by atoms with Crippen molar-refractivity contribution in [2.45, 2.75) is 37.8 Å². The van der Waals surface area contributed by atoms with Crippen molar-refractivity contribution in [3.63, 3.8) is 0 Å². The molecule has 0 radical (unpaired) electrons. The second kappa shape index (κ2) is 8.76. The first-order valence-electron chi connectivity index (χ1n) is 10.4. The van der Waals surface area contributed by atoms with E-state index < -0.39 is 16.1 Å². The molecule has 1 amide bonds. The van der Waals surface area contributed by atoms with Gasteiger partial charge in [0.2, 0.25) is 15.9 Å². The first-order chi connectivity index (χ1) is 15.3. The van der Waals surface area contributed by atoms with E-state index in [-0.39, 0.29) is 17.3 Å². The van der Waals surface area contributed by atoms with Crippen LogP contribution in [0, 0.1) is 13.8 Å². The summed E-state index contributed by atoms with van der Waals surface area (Å²) in [5.41, 5.74) is 4.59. The summed E-state index contributed by atoms with van der Waals surface area (Å²) in [6, 6.07) is 18.8. The van der Waals surface area contributed by atoms with Crippen molar-refractivity contribution in [3.05, 3.63) is 89.0 Å². The third-order valence-corrected chi connectivity index (χ3v) is 7.68. The maximum atomic E-state index is 13.6. The van der Waals surface area contributed by atoms with Crippen molar-refractivity contribution in [2.75, 3.05) is 12.4 Å². The Kier molecular flexibility index (Phi) is 6.04. The predicted octanol–water partition coefficient (Wildman–Crippen LogP) is 4.07. The van der Waals surface area contributed by atoms with Gasteiger partial charge >= 0.3 is 0 Å². The van der Waals surface area contributed by atoms with Gasteiger partial charge in [0.1, 0.15) is 11.8 Å². The zero-order valence-corrected chi connectivity index (χ0v) is 19.1. The average molecular weight is 451 g/mol. The molecule has 0 unspecified atom stereocenters. The molecule has 0 aromatic heterocycles. The topological polar surface area (TPSA) is 75.7 Å². The third-order valence-electron chi connectivity index (χ3n) is 5.81. The third kappa shape index (κ3) is 4.26. The molecule has 1 heterocycles. The molecule has 0 spiro atoms. The normalized spacial score (nSPS) is 16.3. The van der Waals surface area contributed by atoms with Crippen LogP contribution < -0.4 is 10.1 Å². The van der Waals surface area contributed by atoms with Gasteiger partial charge in [-0.05, 0) is 67.3 Å². The number of sulfonamides is 1. The Morgan fingerprint density at radius 2 is 1.69 bits per heavy atom. The van der Waals surface area contributed by atoms with Crippen LogP contribution in [0.3, 0.4) is 0 Å². The fraction of sp³-hybridized carbons (Fsp3) is 0.240. The summed E-state index contributed by atoms with van der Waals surface area (Å²) in [4.78, 5) is 13.5. The Morgan fingerprint density at radius 1 is 1.00 bits per heavy atom. The van der Waals surface area contributed by atoms with Gasteiger partial charge in [0.15, 0.2) is 0 Å². The average Bonchev–Trinajstić information content (AvgIpc) is 2.80. The van der Waals surface area contributed by atoms with Crippen LogP contribution in [0.15, 0.2) is 71.6 Å². The zero-order chi connectivity index (χ0) is 22.9. The van der Waals surface area contributed by atoms with Gasteiger partial charge in [-0.3, -0.25) is 4.79 Å². The number of nitrogens with zero attached hydrogens (tertiary/aromatic N) is 1. The number of nitrogens with one attached hydrogen (secondary N) is 1. The number of aryl methyl sites for hydroxylation is 2. The van der Waals surface area contributed by atoms with Crippen LogP contribution in [0.5, 0.6) is 5.75 Å². The summed E-state index contributed by atoms with van der Waals surface area (Å²) in [5, 5.41) is 2.94. The number of carbonyl (C=O) groups is 1. The Bertz CT molecular complexity index is 1250. The minimum atomic E-state index is -3.92. The van der Waals surface area contributed by atoms with E-state index in [4.69, 9.17) is 4.74 Å². The molecule has 1 aliphatic rings.